The van der Waals surface area contributed by atoms with Gasteiger partial charge in [0.1, 0.15) is 39.3 Å². The summed E-state index contributed by atoms with van der Waals surface area (Å²) in [6.07, 6.45) is -3.03. The Morgan fingerprint density at radius 2 is 0.667 bits per heavy atom. The number of amides is 4. The van der Waals surface area contributed by atoms with E-state index in [9.17, 15) is 57.5 Å². The number of imide groups is 2. The van der Waals surface area contributed by atoms with Crippen LogP contribution in [0.1, 0.15) is 77.0 Å². The van der Waals surface area contributed by atoms with E-state index in [0.717, 1.165) is 0 Å². The van der Waals surface area contributed by atoms with E-state index in [1.165, 1.54) is 0 Å². The minimum atomic E-state index is -1.18. The highest BCUT2D eigenvalue weighted by Crippen LogP contribution is 2.14. The number of carbonyl (C=O) groups is 12. The highest BCUT2D eigenvalue weighted by Gasteiger charge is 2.34. The summed E-state index contributed by atoms with van der Waals surface area (Å²) in [4.78, 5) is 148. The van der Waals surface area contributed by atoms with Gasteiger partial charge in [-0.05, 0) is 12.8 Å². The molecular weight excluding hydrogens is 696 g/mol. The number of hydroxylamine groups is 4. The molecule has 280 valence electrons. The third-order valence-corrected chi connectivity index (χ3v) is 6.16. The van der Waals surface area contributed by atoms with Crippen LogP contribution < -0.4 is 0 Å². The lowest BCUT2D eigenvalue weighted by Gasteiger charge is -2.12. The molecular formula is C29H34N2O20. The standard InChI is InChI=1S/C29H34N2O20/c32-18-7-8-19(33)30(18)50-28(42)15-26(40)46-13-11-44-22(36)3-1-5-24(38)48-17-49-25(39)6-2-4-23(37)45-12-14-47-27(41)16-29(43)51-31-20(34)9-10-21(31)35/h1-17H2. The minimum absolute atomic E-state index is 0.0160. The fourth-order valence-electron chi connectivity index (χ4n) is 3.75. The molecule has 0 aromatic heterocycles. The van der Waals surface area contributed by atoms with Crippen LogP contribution in [0, 0.1) is 0 Å². The van der Waals surface area contributed by atoms with Gasteiger partial charge < -0.3 is 38.1 Å². The lowest BCUT2D eigenvalue weighted by molar-refractivity contribution is -0.198. The van der Waals surface area contributed by atoms with E-state index in [2.05, 4.69) is 9.68 Å². The number of rotatable bonds is 22. The molecule has 2 rings (SSSR count). The maximum Gasteiger partial charge on any atom is 0.344 e. The van der Waals surface area contributed by atoms with Crippen molar-refractivity contribution < 1.29 is 95.6 Å². The van der Waals surface area contributed by atoms with Crippen molar-refractivity contribution >= 4 is 71.4 Å². The molecule has 2 aliphatic rings. The van der Waals surface area contributed by atoms with E-state index in [0.29, 0.717) is 0 Å². The summed E-state index contributed by atoms with van der Waals surface area (Å²) < 4.78 is 28.5. The van der Waals surface area contributed by atoms with Crippen LogP contribution in [-0.4, -0.2) is 115 Å². The van der Waals surface area contributed by atoms with Crippen LogP contribution in [0.15, 0.2) is 0 Å². The normalized spacial score (nSPS) is 13.7. The van der Waals surface area contributed by atoms with Crippen LogP contribution in [0.25, 0.3) is 0 Å². The molecule has 2 saturated heterocycles. The van der Waals surface area contributed by atoms with Gasteiger partial charge in [0.15, 0.2) is 0 Å². The van der Waals surface area contributed by atoms with Gasteiger partial charge in [-0.3, -0.25) is 47.9 Å². The molecule has 2 heterocycles. The van der Waals surface area contributed by atoms with E-state index < -0.39 is 104 Å². The van der Waals surface area contributed by atoms with Crippen LogP contribution in [0.5, 0.6) is 0 Å². The molecule has 4 amide bonds. The van der Waals surface area contributed by atoms with Crippen molar-refractivity contribution in [3.05, 3.63) is 0 Å². The molecule has 22 heteroatoms. The van der Waals surface area contributed by atoms with Gasteiger partial charge in [0.2, 0.25) is 6.79 Å². The molecule has 0 aromatic carbocycles. The lowest BCUT2D eigenvalue weighted by Crippen LogP contribution is -2.33. The molecule has 0 bridgehead atoms. The maximum atomic E-state index is 11.7. The Balaban J connectivity index is 1.40. The van der Waals surface area contributed by atoms with Gasteiger partial charge in [0.25, 0.3) is 23.6 Å². The van der Waals surface area contributed by atoms with Crippen LogP contribution in [0.4, 0.5) is 0 Å². The molecule has 0 N–H and O–H groups in total. The van der Waals surface area contributed by atoms with Crippen molar-refractivity contribution in [2.75, 3.05) is 33.2 Å². The number of ether oxygens (including phenoxy) is 6. The fourth-order valence-corrected chi connectivity index (χ4v) is 3.75. The molecule has 0 saturated carbocycles. The minimum Gasteiger partial charge on any atom is -0.462 e. The van der Waals surface area contributed by atoms with Crippen molar-refractivity contribution in [2.45, 2.75) is 77.0 Å². The molecule has 0 unspecified atom stereocenters. The van der Waals surface area contributed by atoms with Crippen molar-refractivity contribution in [2.24, 2.45) is 0 Å². The predicted octanol–water partition coefficient (Wildman–Crippen LogP) is -1.46. The summed E-state index contributed by atoms with van der Waals surface area (Å²) in [6, 6.07) is 0. The van der Waals surface area contributed by atoms with Crippen LogP contribution in [-0.2, 0) is 95.6 Å². The lowest BCUT2D eigenvalue weighted by atomic mass is 10.2. The van der Waals surface area contributed by atoms with E-state index in [1.54, 1.807) is 0 Å². The Hall–Kier alpha value is -5.96. The van der Waals surface area contributed by atoms with Crippen molar-refractivity contribution in [1.82, 2.24) is 10.1 Å². The van der Waals surface area contributed by atoms with Gasteiger partial charge in [-0.25, -0.2) is 9.59 Å². The van der Waals surface area contributed by atoms with Crippen molar-refractivity contribution in [3.63, 3.8) is 0 Å². The summed E-state index contributed by atoms with van der Waals surface area (Å²) in [5.74, 6) is -10.3. The number of esters is 6. The van der Waals surface area contributed by atoms with E-state index in [1.807, 2.05) is 0 Å². The van der Waals surface area contributed by atoms with E-state index in [4.69, 9.17) is 28.4 Å². The van der Waals surface area contributed by atoms with Crippen LogP contribution in [0.2, 0.25) is 0 Å². The molecule has 2 fully saturated rings. The second-order valence-corrected chi connectivity index (χ2v) is 10.2. The second kappa shape index (κ2) is 21.9. The fraction of sp³-hybridized carbons (Fsp3) is 0.586. The smallest absolute Gasteiger partial charge is 0.344 e. The van der Waals surface area contributed by atoms with Crippen molar-refractivity contribution in [3.8, 4) is 0 Å². The summed E-state index contributed by atoms with van der Waals surface area (Å²) in [6.45, 7) is -2.22. The van der Waals surface area contributed by atoms with Crippen LogP contribution in [0.3, 0.4) is 0 Å². The second-order valence-electron chi connectivity index (χ2n) is 10.2. The number of hydrogen-bond acceptors (Lipinski definition) is 20. The molecule has 0 atom stereocenters. The summed E-state index contributed by atoms with van der Waals surface area (Å²) in [5, 5.41) is 0.562. The Morgan fingerprint density at radius 1 is 0.392 bits per heavy atom. The zero-order chi connectivity index (χ0) is 37.8. The number of hydrogen-bond donors (Lipinski definition) is 0. The molecule has 0 spiro atoms. The largest absolute Gasteiger partial charge is 0.462 e. The molecule has 0 radical (unpaired) electrons. The molecule has 2 aliphatic heterocycles. The summed E-state index contributed by atoms with van der Waals surface area (Å²) >= 11 is 0. The Kier molecular flexibility index (Phi) is 17.7. The Labute approximate surface area is 287 Å². The molecule has 22 nitrogen and oxygen atoms in total. The predicted molar refractivity (Wildman–Crippen MR) is 152 cm³/mol. The zero-order valence-electron chi connectivity index (χ0n) is 27.1. The Bertz CT molecular complexity index is 1260. The van der Waals surface area contributed by atoms with Gasteiger partial charge in [0, 0.05) is 51.4 Å². The third kappa shape index (κ3) is 16.8. The monoisotopic (exact) mass is 730 g/mol. The quantitative estimate of drug-likeness (QED) is 0.0307. The first-order valence-corrected chi connectivity index (χ1v) is 15.3. The van der Waals surface area contributed by atoms with E-state index in [-0.39, 0.29) is 87.5 Å². The third-order valence-electron chi connectivity index (χ3n) is 6.16. The van der Waals surface area contributed by atoms with Gasteiger partial charge in [-0.1, -0.05) is 0 Å². The van der Waals surface area contributed by atoms with Crippen LogP contribution >= 0.6 is 0 Å². The highest BCUT2D eigenvalue weighted by molar-refractivity contribution is 6.03. The maximum absolute atomic E-state index is 11.7. The zero-order valence-corrected chi connectivity index (χ0v) is 27.1. The number of nitrogens with zero attached hydrogens (tertiary/aromatic N) is 2. The number of carbonyl (C=O) groups excluding carboxylic acids is 12. The molecule has 0 aliphatic carbocycles. The van der Waals surface area contributed by atoms with Gasteiger partial charge in [-0.15, -0.1) is 10.1 Å². The first-order valence-electron chi connectivity index (χ1n) is 15.3. The highest BCUT2D eigenvalue weighted by atomic mass is 16.7. The Morgan fingerprint density at radius 3 is 0.980 bits per heavy atom. The van der Waals surface area contributed by atoms with Gasteiger partial charge in [0.05, 0.1) is 0 Å². The molecule has 51 heavy (non-hydrogen) atoms. The molecule has 0 aromatic rings. The first-order chi connectivity index (χ1) is 24.2. The van der Waals surface area contributed by atoms with Gasteiger partial charge in [-0.2, -0.15) is 0 Å². The SMILES string of the molecule is O=C(CCCC(=O)OCOC(=O)CCCC(=O)OCCOC(=O)CC(=O)ON1C(=O)CCC1=O)OCCOC(=O)CC(=O)ON1C(=O)CCC1=O. The summed E-state index contributed by atoms with van der Waals surface area (Å²) in [5.41, 5.74) is 0. The average Bonchev–Trinajstić information content (AvgIpc) is 3.55. The first kappa shape index (κ1) is 41.2. The average molecular weight is 731 g/mol. The van der Waals surface area contributed by atoms with E-state index >= 15 is 0 Å². The summed E-state index contributed by atoms with van der Waals surface area (Å²) in [7, 11) is 0. The topological polar surface area (TPSA) is 285 Å². The van der Waals surface area contributed by atoms with Crippen molar-refractivity contribution in [1.29, 1.82) is 0 Å². The van der Waals surface area contributed by atoms with Gasteiger partial charge >= 0.3 is 47.8 Å².